The first kappa shape index (κ1) is 17.1. The van der Waals surface area contributed by atoms with Crippen molar-refractivity contribution in [2.75, 3.05) is 40.5 Å². The van der Waals surface area contributed by atoms with Crippen molar-refractivity contribution in [3.63, 3.8) is 0 Å². The van der Waals surface area contributed by atoms with E-state index >= 15 is 0 Å². The lowest BCUT2D eigenvalue weighted by atomic mass is 10.2. The molecule has 0 heterocycles. The third-order valence-electron chi connectivity index (χ3n) is 2.84. The van der Waals surface area contributed by atoms with Crippen LogP contribution >= 0.6 is 0 Å². The minimum atomic E-state index is -0.844. The molecule has 0 aliphatic carbocycles. The van der Waals surface area contributed by atoms with Gasteiger partial charge in [0.1, 0.15) is 0 Å². The fourth-order valence-corrected chi connectivity index (χ4v) is 1.66. The number of hydrogen-bond donors (Lipinski definition) is 1. The normalized spacial score (nSPS) is 13.9. The van der Waals surface area contributed by atoms with E-state index in [4.69, 9.17) is 14.6 Å². The van der Waals surface area contributed by atoms with Gasteiger partial charge in [-0.05, 0) is 13.3 Å². The minimum Gasteiger partial charge on any atom is -0.478 e. The van der Waals surface area contributed by atoms with Crippen molar-refractivity contribution in [3.05, 3.63) is 11.6 Å². The predicted octanol–water partition coefficient (Wildman–Crippen LogP) is 1.39. The second-order valence-corrected chi connectivity index (χ2v) is 4.18. The zero-order chi connectivity index (χ0) is 14.0. The molecule has 1 atom stereocenters. The fraction of sp³-hybridized carbons (Fsp3) is 0.769. The van der Waals surface area contributed by atoms with Crippen LogP contribution in [0.3, 0.4) is 0 Å². The molecule has 0 aromatic rings. The molecule has 0 radical (unpaired) electrons. The molecule has 5 heteroatoms. The summed E-state index contributed by atoms with van der Waals surface area (Å²) < 4.78 is 10.2. The Bertz CT molecular complexity index is 266. The summed E-state index contributed by atoms with van der Waals surface area (Å²) in [5.41, 5.74) is 0.446. The van der Waals surface area contributed by atoms with Crippen molar-refractivity contribution in [2.45, 2.75) is 26.3 Å². The molecule has 0 saturated heterocycles. The van der Waals surface area contributed by atoms with Gasteiger partial charge in [-0.3, -0.25) is 4.90 Å². The Morgan fingerprint density at radius 2 is 2.06 bits per heavy atom. The molecule has 0 aromatic carbocycles. The van der Waals surface area contributed by atoms with Crippen molar-refractivity contribution >= 4 is 5.97 Å². The summed E-state index contributed by atoms with van der Waals surface area (Å²) in [7, 11) is 3.32. The lowest BCUT2D eigenvalue weighted by Gasteiger charge is -2.27. The number of carbonyl (C=O) groups is 1. The van der Waals surface area contributed by atoms with E-state index in [2.05, 4.69) is 11.8 Å². The van der Waals surface area contributed by atoms with E-state index in [0.717, 1.165) is 6.54 Å². The van der Waals surface area contributed by atoms with Gasteiger partial charge >= 0.3 is 5.97 Å². The van der Waals surface area contributed by atoms with Gasteiger partial charge in [0.2, 0.25) is 0 Å². The van der Waals surface area contributed by atoms with Crippen molar-refractivity contribution < 1.29 is 19.4 Å². The summed E-state index contributed by atoms with van der Waals surface area (Å²) >= 11 is 0. The summed E-state index contributed by atoms with van der Waals surface area (Å²) in [6.07, 6.45) is 2.30. The number of aliphatic carboxylic acids is 1. The van der Waals surface area contributed by atoms with E-state index in [1.807, 2.05) is 6.92 Å². The summed E-state index contributed by atoms with van der Waals surface area (Å²) in [5, 5.41) is 8.97. The number of carboxylic acid groups (broad SMARTS) is 1. The van der Waals surface area contributed by atoms with Crippen LogP contribution in [0.1, 0.15) is 20.3 Å². The molecule has 0 fully saturated rings. The van der Waals surface area contributed by atoms with Crippen LogP contribution in [0.4, 0.5) is 0 Å². The van der Waals surface area contributed by atoms with Gasteiger partial charge in [-0.2, -0.15) is 0 Å². The summed E-state index contributed by atoms with van der Waals surface area (Å²) in [6, 6.07) is 0.230. The molecule has 0 saturated carbocycles. The smallest absolute Gasteiger partial charge is 0.331 e. The highest BCUT2D eigenvalue weighted by molar-refractivity contribution is 5.86. The molecule has 0 bridgehead atoms. The number of hydrogen-bond acceptors (Lipinski definition) is 4. The molecule has 0 amide bonds. The molecule has 0 aliphatic rings. The summed E-state index contributed by atoms with van der Waals surface area (Å²) in [6.45, 7) is 6.50. The highest BCUT2D eigenvalue weighted by atomic mass is 16.5. The number of carboxylic acids is 1. The maximum atomic E-state index is 10.9. The zero-order valence-corrected chi connectivity index (χ0v) is 11.8. The van der Waals surface area contributed by atoms with Crippen LogP contribution < -0.4 is 0 Å². The standard InChI is InChI=1S/C13H25NO4/c1-5-12(13(15)16)6-7-14(8-9-17-3)11(2)10-18-4/h6,11H,5,7-10H2,1-4H3,(H,15,16). The molecule has 0 spiro atoms. The molecule has 0 aromatic heterocycles. The topological polar surface area (TPSA) is 59.0 Å². The molecule has 106 valence electrons. The van der Waals surface area contributed by atoms with E-state index < -0.39 is 5.97 Å². The van der Waals surface area contributed by atoms with Crippen LogP contribution in [0.25, 0.3) is 0 Å². The quantitative estimate of drug-likeness (QED) is 0.601. The maximum Gasteiger partial charge on any atom is 0.331 e. The van der Waals surface area contributed by atoms with Gasteiger partial charge in [-0.25, -0.2) is 4.79 Å². The van der Waals surface area contributed by atoms with E-state index in [1.54, 1.807) is 20.3 Å². The second-order valence-electron chi connectivity index (χ2n) is 4.18. The number of ether oxygens (including phenoxy) is 2. The van der Waals surface area contributed by atoms with Gasteiger partial charge in [0, 0.05) is 38.9 Å². The zero-order valence-electron chi connectivity index (χ0n) is 11.8. The number of rotatable bonds is 10. The lowest BCUT2D eigenvalue weighted by Crippen LogP contribution is -2.38. The van der Waals surface area contributed by atoms with Gasteiger partial charge in [-0.15, -0.1) is 0 Å². The van der Waals surface area contributed by atoms with Crippen LogP contribution in [0.5, 0.6) is 0 Å². The fourth-order valence-electron chi connectivity index (χ4n) is 1.66. The van der Waals surface area contributed by atoms with Crippen LogP contribution in [0.15, 0.2) is 11.6 Å². The average Bonchev–Trinajstić information content (AvgIpc) is 2.33. The Labute approximate surface area is 109 Å². The largest absolute Gasteiger partial charge is 0.478 e. The van der Waals surface area contributed by atoms with Crippen molar-refractivity contribution in [2.24, 2.45) is 0 Å². The number of methoxy groups -OCH3 is 2. The molecule has 1 N–H and O–H groups in total. The van der Waals surface area contributed by atoms with Gasteiger partial charge in [0.05, 0.1) is 13.2 Å². The average molecular weight is 259 g/mol. The Balaban J connectivity index is 4.51. The third-order valence-corrected chi connectivity index (χ3v) is 2.84. The number of nitrogens with zero attached hydrogens (tertiary/aromatic N) is 1. The first-order valence-corrected chi connectivity index (χ1v) is 6.21. The van der Waals surface area contributed by atoms with Gasteiger partial charge in [-0.1, -0.05) is 13.0 Å². The molecule has 0 rings (SSSR count). The lowest BCUT2D eigenvalue weighted by molar-refractivity contribution is -0.132. The summed E-state index contributed by atoms with van der Waals surface area (Å²) in [5.74, 6) is -0.844. The van der Waals surface area contributed by atoms with E-state index in [9.17, 15) is 4.79 Å². The van der Waals surface area contributed by atoms with Gasteiger partial charge in [0.15, 0.2) is 0 Å². The highest BCUT2D eigenvalue weighted by Crippen LogP contribution is 2.05. The highest BCUT2D eigenvalue weighted by Gasteiger charge is 2.13. The Kier molecular flexibility index (Phi) is 9.55. The van der Waals surface area contributed by atoms with Crippen LogP contribution in [0, 0.1) is 0 Å². The molecule has 0 aliphatic heterocycles. The Morgan fingerprint density at radius 3 is 2.50 bits per heavy atom. The van der Waals surface area contributed by atoms with Crippen molar-refractivity contribution in [3.8, 4) is 0 Å². The Hall–Kier alpha value is -0.910. The molecular formula is C13H25NO4. The Morgan fingerprint density at radius 1 is 1.39 bits per heavy atom. The van der Waals surface area contributed by atoms with Gasteiger partial charge in [0.25, 0.3) is 0 Å². The SMILES string of the molecule is CCC(=CCN(CCOC)C(C)COC)C(=O)O. The maximum absolute atomic E-state index is 10.9. The van der Waals surface area contributed by atoms with Crippen LogP contribution in [0.2, 0.25) is 0 Å². The van der Waals surface area contributed by atoms with Crippen molar-refractivity contribution in [1.82, 2.24) is 4.90 Å². The second kappa shape index (κ2) is 10.1. The van der Waals surface area contributed by atoms with Crippen LogP contribution in [-0.4, -0.2) is 62.5 Å². The monoisotopic (exact) mass is 259 g/mol. The molecule has 1 unspecified atom stereocenters. The van der Waals surface area contributed by atoms with Gasteiger partial charge < -0.3 is 14.6 Å². The molecular weight excluding hydrogens is 234 g/mol. The van der Waals surface area contributed by atoms with Crippen LogP contribution in [-0.2, 0) is 14.3 Å². The van der Waals surface area contributed by atoms with E-state index in [0.29, 0.717) is 31.8 Å². The van der Waals surface area contributed by atoms with Crippen molar-refractivity contribution in [1.29, 1.82) is 0 Å². The van der Waals surface area contributed by atoms with E-state index in [1.165, 1.54) is 0 Å². The minimum absolute atomic E-state index is 0.230. The predicted molar refractivity (Wildman–Crippen MR) is 70.8 cm³/mol. The molecule has 18 heavy (non-hydrogen) atoms. The molecule has 5 nitrogen and oxygen atoms in total. The third kappa shape index (κ3) is 6.74. The summed E-state index contributed by atoms with van der Waals surface area (Å²) in [4.78, 5) is 13.1. The first-order chi connectivity index (χ1) is 8.56. The van der Waals surface area contributed by atoms with E-state index in [-0.39, 0.29) is 6.04 Å². The first-order valence-electron chi connectivity index (χ1n) is 6.21.